The second-order valence-corrected chi connectivity index (χ2v) is 4.87. The van der Waals surface area contributed by atoms with Gasteiger partial charge in [-0.25, -0.2) is 4.98 Å². The smallest absolute Gasteiger partial charge is 0.240 e. The van der Waals surface area contributed by atoms with Crippen LogP contribution in [0, 0.1) is 17.2 Å². The van der Waals surface area contributed by atoms with Gasteiger partial charge in [-0.05, 0) is 13.8 Å². The third-order valence-corrected chi connectivity index (χ3v) is 3.44. The lowest BCUT2D eigenvalue weighted by Gasteiger charge is -2.29. The van der Waals surface area contributed by atoms with Crippen LogP contribution in [0.2, 0.25) is 0 Å². The van der Waals surface area contributed by atoms with Crippen LogP contribution in [0.15, 0.2) is 6.33 Å². The maximum atomic E-state index is 12.4. The molecule has 2 heterocycles. The van der Waals surface area contributed by atoms with E-state index >= 15 is 0 Å². The van der Waals surface area contributed by atoms with Gasteiger partial charge in [0.05, 0.1) is 35.7 Å². The summed E-state index contributed by atoms with van der Waals surface area (Å²) in [5.74, 6) is -0.0910. The van der Waals surface area contributed by atoms with E-state index in [9.17, 15) is 4.79 Å². The molecule has 0 radical (unpaired) electrons. The van der Waals surface area contributed by atoms with Crippen LogP contribution in [-0.2, 0) is 17.8 Å². The molecular weight excluding hydrogens is 242 g/mol. The molecule has 0 fully saturated rings. The van der Waals surface area contributed by atoms with Gasteiger partial charge in [0.1, 0.15) is 0 Å². The second kappa shape index (κ2) is 5.85. The quantitative estimate of drug-likeness (QED) is 0.823. The van der Waals surface area contributed by atoms with Crippen LogP contribution < -0.4 is 5.32 Å². The summed E-state index contributed by atoms with van der Waals surface area (Å²) in [6.07, 6.45) is 2.27. The number of fused-ring (bicyclic) bond motifs is 1. The third kappa shape index (κ3) is 2.93. The van der Waals surface area contributed by atoms with Crippen molar-refractivity contribution < 1.29 is 4.79 Å². The van der Waals surface area contributed by atoms with E-state index in [2.05, 4.69) is 21.4 Å². The van der Waals surface area contributed by atoms with E-state index in [4.69, 9.17) is 5.26 Å². The van der Waals surface area contributed by atoms with Crippen molar-refractivity contribution >= 4 is 5.91 Å². The first kappa shape index (κ1) is 13.6. The van der Waals surface area contributed by atoms with E-state index < -0.39 is 0 Å². The summed E-state index contributed by atoms with van der Waals surface area (Å²) >= 11 is 0. The highest BCUT2D eigenvalue weighted by molar-refractivity contribution is 5.82. The fourth-order valence-corrected chi connectivity index (χ4v) is 2.31. The monoisotopic (exact) mass is 261 g/mol. The summed E-state index contributed by atoms with van der Waals surface area (Å²) in [6.45, 7) is 5.51. The Kier molecular flexibility index (Phi) is 4.17. The predicted octanol–water partition coefficient (Wildman–Crippen LogP) is 0.432. The average Bonchev–Trinajstić information content (AvgIpc) is 2.90. The summed E-state index contributed by atoms with van der Waals surface area (Å²) < 4.78 is 0. The van der Waals surface area contributed by atoms with Gasteiger partial charge < -0.3 is 9.88 Å². The van der Waals surface area contributed by atoms with Gasteiger partial charge in [-0.1, -0.05) is 0 Å². The number of likely N-dealkylation sites (N-methyl/N-ethyl adjacent to an activating group) is 1. The summed E-state index contributed by atoms with van der Waals surface area (Å²) in [5, 5.41) is 12.1. The number of rotatable bonds is 4. The highest BCUT2D eigenvalue weighted by atomic mass is 16.2. The van der Waals surface area contributed by atoms with Gasteiger partial charge in [0.2, 0.25) is 5.91 Å². The topological polar surface area (TPSA) is 84.8 Å². The van der Waals surface area contributed by atoms with E-state index in [-0.39, 0.29) is 17.9 Å². The molecule has 19 heavy (non-hydrogen) atoms. The number of carbonyl (C=O) groups is 1. The Hall–Kier alpha value is -1.87. The number of hydrogen-bond acceptors (Lipinski definition) is 4. The van der Waals surface area contributed by atoms with E-state index in [1.54, 1.807) is 11.2 Å². The minimum Gasteiger partial charge on any atom is -0.347 e. The largest absolute Gasteiger partial charge is 0.347 e. The molecule has 2 N–H and O–H groups in total. The zero-order chi connectivity index (χ0) is 13.8. The van der Waals surface area contributed by atoms with Crippen LogP contribution in [0.1, 0.15) is 25.2 Å². The van der Waals surface area contributed by atoms with Crippen LogP contribution in [0.25, 0.3) is 0 Å². The molecule has 0 bridgehead atoms. The average molecular weight is 261 g/mol. The number of nitrogens with zero attached hydrogens (tertiary/aromatic N) is 3. The Labute approximate surface area is 112 Å². The number of aromatic nitrogens is 2. The van der Waals surface area contributed by atoms with Crippen LogP contribution in [-0.4, -0.2) is 39.9 Å². The standard InChI is InChI=1S/C13H19N5O/c1-3-18(7-9(2)5-14)13(19)11-4-10-12(6-15-11)17-8-16-10/h8-9,11,15H,3-4,6-7H2,1-2H3,(H,16,17). The van der Waals surface area contributed by atoms with Gasteiger partial charge in [0, 0.05) is 26.1 Å². The molecule has 1 aromatic heterocycles. The number of imidazole rings is 1. The predicted molar refractivity (Wildman–Crippen MR) is 70.0 cm³/mol. The normalized spacial score (nSPS) is 19.3. The van der Waals surface area contributed by atoms with Crippen molar-refractivity contribution in [3.63, 3.8) is 0 Å². The number of hydrogen-bond donors (Lipinski definition) is 2. The van der Waals surface area contributed by atoms with Gasteiger partial charge in [0.15, 0.2) is 0 Å². The Balaban J connectivity index is 2.02. The first-order chi connectivity index (χ1) is 9.15. The Bertz CT molecular complexity index is 489. The molecule has 6 nitrogen and oxygen atoms in total. The summed E-state index contributed by atoms with van der Waals surface area (Å²) in [5.41, 5.74) is 2.01. The number of H-pyrrole nitrogens is 1. The van der Waals surface area contributed by atoms with E-state index in [0.29, 0.717) is 26.1 Å². The van der Waals surface area contributed by atoms with Crippen molar-refractivity contribution in [2.45, 2.75) is 32.9 Å². The van der Waals surface area contributed by atoms with Crippen molar-refractivity contribution in [2.75, 3.05) is 13.1 Å². The fourth-order valence-electron chi connectivity index (χ4n) is 2.31. The minimum atomic E-state index is -0.235. The Morgan fingerprint density at radius 2 is 2.53 bits per heavy atom. The second-order valence-electron chi connectivity index (χ2n) is 4.87. The molecule has 1 aromatic rings. The lowest BCUT2D eigenvalue weighted by Crippen LogP contribution is -2.50. The van der Waals surface area contributed by atoms with Crippen molar-refractivity contribution in [1.82, 2.24) is 20.2 Å². The SMILES string of the molecule is CCN(CC(C)C#N)C(=O)C1Cc2nc[nH]c2CN1. The van der Waals surface area contributed by atoms with E-state index in [1.165, 1.54) is 0 Å². The number of amides is 1. The van der Waals surface area contributed by atoms with Gasteiger partial charge in [0.25, 0.3) is 0 Å². The first-order valence-corrected chi connectivity index (χ1v) is 6.58. The molecule has 1 aliphatic heterocycles. The number of aromatic amines is 1. The molecule has 0 saturated heterocycles. The number of nitriles is 1. The first-order valence-electron chi connectivity index (χ1n) is 6.58. The van der Waals surface area contributed by atoms with Gasteiger partial charge >= 0.3 is 0 Å². The third-order valence-electron chi connectivity index (χ3n) is 3.44. The molecule has 1 aliphatic rings. The maximum Gasteiger partial charge on any atom is 0.240 e. The summed E-state index contributed by atoms with van der Waals surface area (Å²) in [4.78, 5) is 21.5. The molecule has 2 rings (SSSR count). The van der Waals surface area contributed by atoms with Crippen molar-refractivity contribution in [3.8, 4) is 6.07 Å². The van der Waals surface area contributed by atoms with Crippen LogP contribution in [0.3, 0.4) is 0 Å². The Morgan fingerprint density at radius 1 is 1.74 bits per heavy atom. The van der Waals surface area contributed by atoms with Gasteiger partial charge in [-0.3, -0.25) is 10.1 Å². The van der Waals surface area contributed by atoms with Crippen molar-refractivity contribution in [2.24, 2.45) is 5.92 Å². The van der Waals surface area contributed by atoms with Gasteiger partial charge in [-0.2, -0.15) is 5.26 Å². The van der Waals surface area contributed by atoms with E-state index in [1.807, 2.05) is 13.8 Å². The summed E-state index contributed by atoms with van der Waals surface area (Å²) in [7, 11) is 0. The van der Waals surface area contributed by atoms with Crippen LogP contribution in [0.5, 0.6) is 0 Å². The van der Waals surface area contributed by atoms with Crippen molar-refractivity contribution in [3.05, 3.63) is 17.7 Å². The van der Waals surface area contributed by atoms with Crippen LogP contribution >= 0.6 is 0 Å². The fraction of sp³-hybridized carbons (Fsp3) is 0.615. The molecular formula is C13H19N5O. The van der Waals surface area contributed by atoms with Crippen LogP contribution in [0.4, 0.5) is 0 Å². The molecule has 0 aromatic carbocycles. The van der Waals surface area contributed by atoms with Gasteiger partial charge in [-0.15, -0.1) is 0 Å². The molecule has 2 atom stereocenters. The molecule has 0 saturated carbocycles. The molecule has 102 valence electrons. The maximum absolute atomic E-state index is 12.4. The highest BCUT2D eigenvalue weighted by Crippen LogP contribution is 2.14. The number of carbonyl (C=O) groups excluding carboxylic acids is 1. The summed E-state index contributed by atoms with van der Waals surface area (Å²) in [6, 6.07) is 1.93. The Morgan fingerprint density at radius 3 is 3.21 bits per heavy atom. The molecule has 1 amide bonds. The zero-order valence-corrected chi connectivity index (χ0v) is 11.3. The van der Waals surface area contributed by atoms with Crippen molar-refractivity contribution in [1.29, 1.82) is 5.26 Å². The number of nitrogens with one attached hydrogen (secondary N) is 2. The molecule has 2 unspecified atom stereocenters. The lowest BCUT2D eigenvalue weighted by molar-refractivity contribution is -0.133. The molecule has 6 heteroatoms. The zero-order valence-electron chi connectivity index (χ0n) is 11.3. The lowest BCUT2D eigenvalue weighted by atomic mass is 10.0. The highest BCUT2D eigenvalue weighted by Gasteiger charge is 2.29. The minimum absolute atomic E-state index is 0.0539. The van der Waals surface area contributed by atoms with E-state index in [0.717, 1.165) is 11.4 Å². The molecule has 0 aliphatic carbocycles. The molecule has 0 spiro atoms.